The molecule has 0 aromatic heterocycles. The second kappa shape index (κ2) is 11.2. The maximum absolute atomic E-state index is 13.3. The molecule has 8 nitrogen and oxygen atoms in total. The van der Waals surface area contributed by atoms with Crippen LogP contribution >= 0.6 is 0 Å². The van der Waals surface area contributed by atoms with Crippen molar-refractivity contribution in [3.8, 4) is 11.5 Å². The van der Waals surface area contributed by atoms with Crippen LogP contribution in [0.5, 0.6) is 11.5 Å². The summed E-state index contributed by atoms with van der Waals surface area (Å²) in [5, 5.41) is 2.99. The Labute approximate surface area is 217 Å². The van der Waals surface area contributed by atoms with E-state index in [9.17, 15) is 9.59 Å². The highest BCUT2D eigenvalue weighted by molar-refractivity contribution is 6.24. The molecular weight excluding hydrogens is 468 g/mol. The Bertz CT molecular complexity index is 1300. The molecule has 0 aliphatic carbocycles. The van der Waals surface area contributed by atoms with Gasteiger partial charge in [0, 0.05) is 38.6 Å². The van der Waals surface area contributed by atoms with E-state index in [1.165, 1.54) is 4.90 Å². The van der Waals surface area contributed by atoms with Crippen molar-refractivity contribution in [2.45, 2.75) is 19.8 Å². The summed E-state index contributed by atoms with van der Waals surface area (Å²) in [6.45, 7) is 4.78. The molecule has 37 heavy (non-hydrogen) atoms. The van der Waals surface area contributed by atoms with E-state index >= 15 is 0 Å². The number of carbonyl (C=O) groups excluding carboxylic acids is 2. The van der Waals surface area contributed by atoms with Crippen LogP contribution in [0.1, 0.15) is 30.9 Å². The van der Waals surface area contributed by atoms with Crippen molar-refractivity contribution >= 4 is 34.7 Å². The lowest BCUT2D eigenvalue weighted by Gasteiger charge is -2.22. The van der Waals surface area contributed by atoms with E-state index in [0.29, 0.717) is 41.8 Å². The van der Waals surface area contributed by atoms with Crippen molar-refractivity contribution in [1.82, 2.24) is 4.90 Å². The van der Waals surface area contributed by atoms with E-state index in [1.54, 1.807) is 26.0 Å². The lowest BCUT2D eigenvalue weighted by Crippen LogP contribution is -2.36. The molecule has 0 saturated heterocycles. The molecular formula is C29H32N4O4. The molecule has 4 rings (SSSR count). The maximum atomic E-state index is 13.3. The van der Waals surface area contributed by atoms with Crippen molar-refractivity contribution < 1.29 is 19.1 Å². The number of nitrogens with one attached hydrogen (secondary N) is 1. The topological polar surface area (TPSA) is 83.5 Å². The Morgan fingerprint density at radius 3 is 2.14 bits per heavy atom. The molecule has 0 saturated carbocycles. The highest BCUT2D eigenvalue weighted by atomic mass is 16.5. The number of anilines is 2. The fourth-order valence-corrected chi connectivity index (χ4v) is 4.28. The fourth-order valence-electron chi connectivity index (χ4n) is 4.28. The Morgan fingerprint density at radius 1 is 0.919 bits per heavy atom. The van der Waals surface area contributed by atoms with Gasteiger partial charge in [0.2, 0.25) is 5.91 Å². The number of nitrogens with zero attached hydrogens (tertiary/aromatic N) is 3. The summed E-state index contributed by atoms with van der Waals surface area (Å²) < 4.78 is 11.6. The first-order valence-corrected chi connectivity index (χ1v) is 12.3. The fraction of sp³-hybridized carbons (Fsp3) is 0.276. The second-order valence-electron chi connectivity index (χ2n) is 8.79. The number of carbonyl (C=O) groups is 2. The highest BCUT2D eigenvalue weighted by Crippen LogP contribution is 2.43. The van der Waals surface area contributed by atoms with Gasteiger partial charge in [0.05, 0.1) is 24.6 Å². The smallest absolute Gasteiger partial charge is 0.323 e. The van der Waals surface area contributed by atoms with Crippen LogP contribution in [0.4, 0.5) is 21.9 Å². The van der Waals surface area contributed by atoms with E-state index in [-0.39, 0.29) is 11.9 Å². The molecule has 0 fully saturated rings. The molecule has 1 N–H and O–H groups in total. The highest BCUT2D eigenvalue weighted by Gasteiger charge is 2.37. The first-order chi connectivity index (χ1) is 17.8. The third-order valence-corrected chi connectivity index (χ3v) is 6.05. The predicted molar refractivity (Wildman–Crippen MR) is 147 cm³/mol. The lowest BCUT2D eigenvalue weighted by atomic mass is 9.90. The Hall–Kier alpha value is -4.33. The molecule has 1 aliphatic heterocycles. The van der Waals surface area contributed by atoms with E-state index in [1.807, 2.05) is 80.6 Å². The van der Waals surface area contributed by atoms with Crippen molar-refractivity contribution in [1.29, 1.82) is 0 Å². The average Bonchev–Trinajstić information content (AvgIpc) is 3.22. The molecule has 0 spiro atoms. The zero-order chi connectivity index (χ0) is 26.5. The van der Waals surface area contributed by atoms with Gasteiger partial charge in [-0.05, 0) is 55.3 Å². The van der Waals surface area contributed by atoms with Crippen molar-refractivity contribution in [3.63, 3.8) is 0 Å². The number of fused-ring (bicyclic) bond motifs is 1. The van der Waals surface area contributed by atoms with Gasteiger partial charge < -0.3 is 19.7 Å². The van der Waals surface area contributed by atoms with Gasteiger partial charge in [-0.15, -0.1) is 0 Å². The molecule has 3 aromatic rings. The van der Waals surface area contributed by atoms with E-state index in [0.717, 1.165) is 16.8 Å². The van der Waals surface area contributed by atoms with Crippen LogP contribution in [0.2, 0.25) is 0 Å². The minimum absolute atomic E-state index is 0.128. The quantitative estimate of drug-likeness (QED) is 0.417. The predicted octanol–water partition coefficient (Wildman–Crippen LogP) is 5.46. The third kappa shape index (κ3) is 5.43. The van der Waals surface area contributed by atoms with Crippen molar-refractivity contribution in [2.24, 2.45) is 4.99 Å². The van der Waals surface area contributed by atoms with Crippen LogP contribution in [0.25, 0.3) is 0 Å². The monoisotopic (exact) mass is 500 g/mol. The molecule has 1 aliphatic rings. The summed E-state index contributed by atoms with van der Waals surface area (Å²) in [6, 6.07) is 20.6. The summed E-state index contributed by atoms with van der Waals surface area (Å²) in [7, 11) is 5.15. The molecule has 0 bridgehead atoms. The molecule has 3 aromatic carbocycles. The molecule has 0 radical (unpaired) electrons. The summed E-state index contributed by atoms with van der Waals surface area (Å²) >= 11 is 0. The SMILES string of the molecule is CCOc1cc2c(cc1OCC)C(C(=Nc1ccc(N(C)C(=O)N(C)C)cc1)c1ccccc1)C(=O)N2. The molecule has 192 valence electrons. The van der Waals surface area contributed by atoms with Crippen LogP contribution in [0.15, 0.2) is 71.7 Å². The van der Waals surface area contributed by atoms with E-state index in [2.05, 4.69) is 5.32 Å². The van der Waals surface area contributed by atoms with Gasteiger partial charge >= 0.3 is 6.03 Å². The van der Waals surface area contributed by atoms with Crippen LogP contribution in [0.3, 0.4) is 0 Å². The summed E-state index contributed by atoms with van der Waals surface area (Å²) in [5.74, 6) is 0.385. The van der Waals surface area contributed by atoms with Crippen LogP contribution in [-0.4, -0.2) is 56.9 Å². The average molecular weight is 501 g/mol. The van der Waals surface area contributed by atoms with Crippen LogP contribution in [-0.2, 0) is 4.79 Å². The van der Waals surface area contributed by atoms with Gasteiger partial charge in [-0.3, -0.25) is 14.7 Å². The molecule has 1 atom stereocenters. The number of rotatable bonds is 8. The first-order valence-electron chi connectivity index (χ1n) is 12.3. The molecule has 3 amide bonds. The zero-order valence-electron chi connectivity index (χ0n) is 21.8. The molecule has 1 unspecified atom stereocenters. The van der Waals surface area contributed by atoms with Gasteiger partial charge in [-0.2, -0.15) is 0 Å². The number of aliphatic imine (C=N–C) groups is 1. The number of urea groups is 1. The number of ether oxygens (including phenoxy) is 2. The van der Waals surface area contributed by atoms with Gasteiger partial charge in [0.15, 0.2) is 11.5 Å². The Balaban J connectivity index is 1.78. The Morgan fingerprint density at radius 2 is 1.54 bits per heavy atom. The summed E-state index contributed by atoms with van der Waals surface area (Å²) in [4.78, 5) is 33.7. The van der Waals surface area contributed by atoms with Crippen molar-refractivity contribution in [3.05, 3.63) is 77.9 Å². The van der Waals surface area contributed by atoms with Crippen LogP contribution in [0, 0.1) is 0 Å². The maximum Gasteiger partial charge on any atom is 0.323 e. The number of hydrogen-bond donors (Lipinski definition) is 1. The minimum atomic E-state index is -0.634. The summed E-state index contributed by atoms with van der Waals surface area (Å²) in [5.41, 5.74) is 4.34. The first kappa shape index (κ1) is 25.8. The van der Waals surface area contributed by atoms with Crippen molar-refractivity contribution in [2.75, 3.05) is 44.6 Å². The zero-order valence-corrected chi connectivity index (χ0v) is 21.8. The second-order valence-corrected chi connectivity index (χ2v) is 8.79. The van der Waals surface area contributed by atoms with Gasteiger partial charge in [-0.25, -0.2) is 4.79 Å². The summed E-state index contributed by atoms with van der Waals surface area (Å²) in [6.07, 6.45) is 0. The van der Waals surface area contributed by atoms with E-state index in [4.69, 9.17) is 14.5 Å². The molecule has 8 heteroatoms. The largest absolute Gasteiger partial charge is 0.490 e. The lowest BCUT2D eigenvalue weighted by molar-refractivity contribution is -0.115. The number of hydrogen-bond acceptors (Lipinski definition) is 5. The normalized spacial score (nSPS) is 14.6. The minimum Gasteiger partial charge on any atom is -0.490 e. The standard InChI is InChI=1S/C29H32N4O4/c1-6-36-24-17-22-23(18-25(24)37-7-2)31-28(34)26(22)27(19-11-9-8-10-12-19)30-20-13-15-21(16-14-20)33(5)29(35)32(3)4/h8-18,26H,6-7H2,1-5H3,(H,31,34). The third-order valence-electron chi connectivity index (χ3n) is 6.05. The number of amides is 3. The van der Waals surface area contributed by atoms with Gasteiger partial charge in [-0.1, -0.05) is 30.3 Å². The van der Waals surface area contributed by atoms with Gasteiger partial charge in [0.1, 0.15) is 5.92 Å². The van der Waals surface area contributed by atoms with Gasteiger partial charge in [0.25, 0.3) is 0 Å². The van der Waals surface area contributed by atoms with Crippen LogP contribution < -0.4 is 19.7 Å². The molecule has 1 heterocycles. The number of benzene rings is 3. The Kier molecular flexibility index (Phi) is 7.77. The van der Waals surface area contributed by atoms with E-state index < -0.39 is 5.92 Å².